The summed E-state index contributed by atoms with van der Waals surface area (Å²) in [6.45, 7) is 6.81. The van der Waals surface area contributed by atoms with E-state index in [0.29, 0.717) is 12.4 Å². The molecule has 2 aromatic heterocycles. The fourth-order valence-electron chi connectivity index (χ4n) is 7.22. The first kappa shape index (κ1) is 32.8. The quantitative estimate of drug-likeness (QED) is 0.135. The molecule has 6 nitrogen and oxygen atoms in total. The van der Waals surface area contributed by atoms with Crippen molar-refractivity contribution < 1.29 is 4.74 Å². The van der Waals surface area contributed by atoms with E-state index in [1.165, 1.54) is 11.1 Å². The zero-order valence-electron chi connectivity index (χ0n) is 29.6. The summed E-state index contributed by atoms with van der Waals surface area (Å²) in [4.78, 5) is 6.67. The largest absolute Gasteiger partial charge is 0.488 e. The predicted molar refractivity (Wildman–Crippen MR) is 208 cm³/mol. The van der Waals surface area contributed by atoms with Gasteiger partial charge in [-0.2, -0.15) is 0 Å². The van der Waals surface area contributed by atoms with E-state index in [2.05, 4.69) is 148 Å². The van der Waals surface area contributed by atoms with Gasteiger partial charge in [-0.15, -0.1) is 15.0 Å². The molecule has 0 atom stereocenters. The molecule has 6 aromatic carbocycles. The van der Waals surface area contributed by atoms with E-state index in [-0.39, 0.29) is 0 Å². The Labute approximate surface area is 304 Å². The molecule has 6 heteroatoms. The molecule has 0 aliphatic heterocycles. The summed E-state index contributed by atoms with van der Waals surface area (Å²) in [5.74, 6) is 1.42. The molecule has 8 aromatic rings. The third kappa shape index (κ3) is 6.02. The van der Waals surface area contributed by atoms with Gasteiger partial charge in [0.2, 0.25) is 5.82 Å². The van der Waals surface area contributed by atoms with Crippen LogP contribution in [0.25, 0.3) is 33.4 Å². The van der Waals surface area contributed by atoms with Crippen LogP contribution in [-0.2, 0) is 18.6 Å². The maximum Gasteiger partial charge on any atom is 0.205 e. The van der Waals surface area contributed by atoms with Gasteiger partial charge in [-0.05, 0) is 76.1 Å². The van der Waals surface area contributed by atoms with E-state index in [9.17, 15) is 0 Å². The molecule has 254 valence electrons. The topological polar surface area (TPSA) is 65.7 Å². The van der Waals surface area contributed by atoms with Crippen molar-refractivity contribution >= 4 is 10.9 Å². The number of hydrogen-bond acceptors (Lipinski definition) is 5. The van der Waals surface area contributed by atoms with Gasteiger partial charge in [0.15, 0.2) is 5.54 Å². The molecule has 2 heterocycles. The molecular weight excluding hydrogens is 639 g/mol. The molecule has 0 aliphatic carbocycles. The summed E-state index contributed by atoms with van der Waals surface area (Å²) in [5.41, 5.74) is 10.7. The van der Waals surface area contributed by atoms with Gasteiger partial charge in [-0.3, -0.25) is 4.98 Å². The minimum Gasteiger partial charge on any atom is -0.488 e. The molecule has 8 rings (SSSR count). The van der Waals surface area contributed by atoms with Crippen LogP contribution in [0.1, 0.15) is 46.0 Å². The smallest absolute Gasteiger partial charge is 0.205 e. The van der Waals surface area contributed by atoms with E-state index < -0.39 is 5.54 Å². The lowest BCUT2D eigenvalue weighted by molar-refractivity contribution is 0.309. The second-order valence-electron chi connectivity index (χ2n) is 13.2. The Morgan fingerprint density at radius 2 is 1.21 bits per heavy atom. The first-order valence-electron chi connectivity index (χ1n) is 17.7. The van der Waals surface area contributed by atoms with Gasteiger partial charge in [0, 0.05) is 22.7 Å². The van der Waals surface area contributed by atoms with Crippen molar-refractivity contribution in [2.24, 2.45) is 0 Å². The Hall–Kier alpha value is -6.40. The average Bonchev–Trinajstić information content (AvgIpc) is 3.69. The second kappa shape index (κ2) is 14.1. The van der Waals surface area contributed by atoms with Crippen LogP contribution in [0, 0.1) is 13.8 Å². The van der Waals surface area contributed by atoms with Crippen LogP contribution in [0.4, 0.5) is 0 Å². The standard InChI is InChI=1S/C46H39N5O/c1-4-39-30-43(42-29-32(2)28-33(3)44(42)47-39)52-31-34-24-26-35(27-25-34)40-22-14-15-23-41(40)45-48-50-51(49-45)46(36-16-8-5-9-17-36,37-18-10-6-11-19-37)38-20-12-7-13-21-38/h5-30H,4,31H2,1-3H3. The minimum absolute atomic E-state index is 0.452. The average molecular weight is 678 g/mol. The number of pyridine rings is 1. The van der Waals surface area contributed by atoms with Crippen molar-refractivity contribution in [1.82, 2.24) is 25.2 Å². The number of tetrazole rings is 1. The van der Waals surface area contributed by atoms with Crippen LogP contribution in [0.15, 0.2) is 158 Å². The molecule has 0 amide bonds. The lowest BCUT2D eigenvalue weighted by Crippen LogP contribution is -2.39. The number of benzene rings is 6. The lowest BCUT2D eigenvalue weighted by Gasteiger charge is -2.34. The highest BCUT2D eigenvalue weighted by Crippen LogP contribution is 2.40. The maximum absolute atomic E-state index is 6.47. The molecule has 0 saturated carbocycles. The number of rotatable bonds is 10. The number of hydrogen-bond donors (Lipinski definition) is 0. The highest BCUT2D eigenvalue weighted by atomic mass is 16.5. The number of ether oxygens (including phenoxy) is 1. The number of fused-ring (bicyclic) bond motifs is 1. The molecule has 0 bridgehead atoms. The number of nitrogens with zero attached hydrogens (tertiary/aromatic N) is 5. The van der Waals surface area contributed by atoms with E-state index in [1.54, 1.807) is 4.80 Å². The van der Waals surface area contributed by atoms with Crippen LogP contribution < -0.4 is 4.74 Å². The van der Waals surface area contributed by atoms with Crippen molar-refractivity contribution in [3.05, 3.63) is 197 Å². The van der Waals surface area contributed by atoms with Crippen molar-refractivity contribution in [3.63, 3.8) is 0 Å². The van der Waals surface area contributed by atoms with Crippen LogP contribution in [0.5, 0.6) is 5.75 Å². The van der Waals surface area contributed by atoms with Gasteiger partial charge in [0.25, 0.3) is 0 Å². The molecule has 0 saturated heterocycles. The Kier molecular flexibility index (Phi) is 8.88. The van der Waals surface area contributed by atoms with Crippen molar-refractivity contribution in [1.29, 1.82) is 0 Å². The zero-order chi connectivity index (χ0) is 35.5. The van der Waals surface area contributed by atoms with Crippen molar-refractivity contribution in [3.8, 4) is 28.3 Å². The highest BCUT2D eigenvalue weighted by Gasteiger charge is 2.41. The molecule has 0 radical (unpaired) electrons. The van der Waals surface area contributed by atoms with Crippen LogP contribution in [-0.4, -0.2) is 25.2 Å². The van der Waals surface area contributed by atoms with E-state index in [4.69, 9.17) is 25.1 Å². The Morgan fingerprint density at radius 3 is 1.81 bits per heavy atom. The van der Waals surface area contributed by atoms with Crippen molar-refractivity contribution in [2.45, 2.75) is 39.3 Å². The van der Waals surface area contributed by atoms with Crippen LogP contribution in [0.3, 0.4) is 0 Å². The summed E-state index contributed by atoms with van der Waals surface area (Å²) >= 11 is 0. The molecule has 52 heavy (non-hydrogen) atoms. The number of aromatic nitrogens is 5. The maximum atomic E-state index is 6.47. The van der Waals surface area contributed by atoms with Gasteiger partial charge in [0.05, 0.1) is 5.52 Å². The first-order valence-corrected chi connectivity index (χ1v) is 17.7. The Bertz CT molecular complexity index is 2360. The SMILES string of the molecule is CCc1cc(OCc2ccc(-c3ccccc3-c3nnn(C(c4ccccc4)(c4ccccc4)c4ccccc4)n3)cc2)c2cc(C)cc(C)c2n1. The van der Waals surface area contributed by atoms with E-state index in [1.807, 2.05) is 30.3 Å². The Balaban J connectivity index is 1.14. The highest BCUT2D eigenvalue weighted by molar-refractivity contribution is 5.88. The predicted octanol–water partition coefficient (Wildman–Crippen LogP) is 10.2. The van der Waals surface area contributed by atoms with Crippen LogP contribution >= 0.6 is 0 Å². The van der Waals surface area contributed by atoms with Gasteiger partial charge in [0.1, 0.15) is 12.4 Å². The fraction of sp³-hybridized carbons (Fsp3) is 0.130. The normalized spacial score (nSPS) is 11.5. The summed E-state index contributed by atoms with van der Waals surface area (Å²) in [6.07, 6.45) is 0.849. The second-order valence-corrected chi connectivity index (χ2v) is 13.2. The molecular formula is C46H39N5O. The Morgan fingerprint density at radius 1 is 0.635 bits per heavy atom. The number of aryl methyl sites for hydroxylation is 3. The van der Waals surface area contributed by atoms with Crippen LogP contribution in [0.2, 0.25) is 0 Å². The third-order valence-corrected chi connectivity index (χ3v) is 9.74. The molecule has 0 N–H and O–H groups in total. The summed E-state index contributed by atoms with van der Waals surface area (Å²) in [5, 5.41) is 15.7. The minimum atomic E-state index is -0.846. The third-order valence-electron chi connectivity index (χ3n) is 9.74. The van der Waals surface area contributed by atoms with Gasteiger partial charge in [-0.25, -0.2) is 0 Å². The zero-order valence-corrected chi connectivity index (χ0v) is 29.6. The van der Waals surface area contributed by atoms with Gasteiger partial charge in [-0.1, -0.05) is 153 Å². The first-order chi connectivity index (χ1) is 25.5. The van der Waals surface area contributed by atoms with E-state index in [0.717, 1.165) is 67.7 Å². The summed E-state index contributed by atoms with van der Waals surface area (Å²) < 4.78 is 6.47. The lowest BCUT2D eigenvalue weighted by atomic mass is 9.77. The molecule has 0 spiro atoms. The monoisotopic (exact) mass is 677 g/mol. The molecule has 0 unspecified atom stereocenters. The summed E-state index contributed by atoms with van der Waals surface area (Å²) in [7, 11) is 0. The van der Waals surface area contributed by atoms with Crippen molar-refractivity contribution in [2.75, 3.05) is 0 Å². The summed E-state index contributed by atoms with van der Waals surface area (Å²) in [6, 6.07) is 54.4. The molecule has 0 fully saturated rings. The fourth-order valence-corrected chi connectivity index (χ4v) is 7.22. The van der Waals surface area contributed by atoms with Gasteiger partial charge < -0.3 is 4.74 Å². The molecule has 0 aliphatic rings. The van der Waals surface area contributed by atoms with E-state index >= 15 is 0 Å². The van der Waals surface area contributed by atoms with Gasteiger partial charge >= 0.3 is 0 Å².